The number of carbonyl (C=O) groups is 2. The molecule has 2 aliphatic carbocycles. The minimum Gasteiger partial charge on any atom is -0.481 e. The summed E-state index contributed by atoms with van der Waals surface area (Å²) >= 11 is 0. The van der Waals surface area contributed by atoms with E-state index in [9.17, 15) is 14.7 Å². The lowest BCUT2D eigenvalue weighted by Crippen LogP contribution is -2.40. The number of aromatic nitrogens is 2. The average Bonchev–Trinajstić information content (AvgIpc) is 3.18. The van der Waals surface area contributed by atoms with Gasteiger partial charge in [0.2, 0.25) is 5.91 Å². The minimum atomic E-state index is -0.870. The van der Waals surface area contributed by atoms with Crippen molar-refractivity contribution in [2.75, 3.05) is 0 Å². The van der Waals surface area contributed by atoms with Gasteiger partial charge in [-0.2, -0.15) is 5.10 Å². The van der Waals surface area contributed by atoms with Crippen LogP contribution in [0.5, 0.6) is 0 Å². The highest BCUT2D eigenvalue weighted by Gasteiger charge is 2.51. The average molecular weight is 289 g/mol. The molecule has 1 aromatic rings. The molecule has 1 fully saturated rings. The van der Waals surface area contributed by atoms with Gasteiger partial charge in [-0.3, -0.25) is 14.3 Å². The number of carboxylic acid groups (broad SMARTS) is 1. The van der Waals surface area contributed by atoms with Crippen LogP contribution in [0, 0.1) is 23.7 Å². The van der Waals surface area contributed by atoms with Gasteiger partial charge in [0.15, 0.2) is 0 Å². The van der Waals surface area contributed by atoms with Gasteiger partial charge >= 0.3 is 5.97 Å². The first-order valence-electron chi connectivity index (χ1n) is 7.31. The molecule has 2 bridgehead atoms. The molecule has 0 aliphatic heterocycles. The maximum absolute atomic E-state index is 12.4. The highest BCUT2D eigenvalue weighted by Crippen LogP contribution is 2.48. The van der Waals surface area contributed by atoms with E-state index in [0.717, 1.165) is 18.7 Å². The number of aryl methyl sites for hydroxylation is 1. The second kappa shape index (κ2) is 5.35. The standard InChI is InChI=1S/C15H19N3O3/c1-2-18-11(5-6-17-18)8-16-14(19)12-9-3-4-10(7-9)13(12)15(20)21/h3-6,9-10,12-13H,2,7-8H2,1H3,(H,16,19)(H,20,21)/t9-,10-,12-,13-/m0/s1. The summed E-state index contributed by atoms with van der Waals surface area (Å²) in [6.45, 7) is 3.11. The molecule has 21 heavy (non-hydrogen) atoms. The molecule has 1 amide bonds. The highest BCUT2D eigenvalue weighted by molar-refractivity contribution is 5.86. The van der Waals surface area contributed by atoms with E-state index in [1.807, 2.05) is 29.8 Å². The second-order valence-electron chi connectivity index (χ2n) is 5.69. The molecule has 1 aromatic heterocycles. The Labute approximate surface area is 122 Å². The molecule has 0 aromatic carbocycles. The quantitative estimate of drug-likeness (QED) is 0.793. The molecule has 0 spiro atoms. The van der Waals surface area contributed by atoms with Crippen molar-refractivity contribution in [2.24, 2.45) is 23.7 Å². The maximum Gasteiger partial charge on any atom is 0.307 e. The summed E-state index contributed by atoms with van der Waals surface area (Å²) in [6.07, 6.45) is 6.41. The van der Waals surface area contributed by atoms with E-state index in [0.29, 0.717) is 6.54 Å². The van der Waals surface area contributed by atoms with E-state index >= 15 is 0 Å². The normalized spacial score (nSPS) is 29.8. The predicted octanol–water partition coefficient (Wildman–Crippen LogP) is 1.04. The number of hydrogen-bond donors (Lipinski definition) is 2. The van der Waals surface area contributed by atoms with E-state index in [1.165, 1.54) is 0 Å². The first kappa shape index (κ1) is 13.9. The number of amides is 1. The Bertz CT molecular complexity index is 593. The van der Waals surface area contributed by atoms with Crippen molar-refractivity contribution in [3.63, 3.8) is 0 Å². The van der Waals surface area contributed by atoms with Gasteiger partial charge in [-0.15, -0.1) is 0 Å². The van der Waals surface area contributed by atoms with Crippen molar-refractivity contribution in [3.05, 3.63) is 30.1 Å². The highest BCUT2D eigenvalue weighted by atomic mass is 16.4. The summed E-state index contributed by atoms with van der Waals surface area (Å²) < 4.78 is 1.82. The van der Waals surface area contributed by atoms with Crippen molar-refractivity contribution in [2.45, 2.75) is 26.4 Å². The van der Waals surface area contributed by atoms with Gasteiger partial charge in [0.25, 0.3) is 0 Å². The summed E-state index contributed by atoms with van der Waals surface area (Å²) in [5, 5.41) is 16.4. The van der Waals surface area contributed by atoms with Crippen LogP contribution in [0.25, 0.3) is 0 Å². The van der Waals surface area contributed by atoms with Crippen LogP contribution in [-0.2, 0) is 22.7 Å². The van der Waals surface area contributed by atoms with Crippen LogP contribution >= 0.6 is 0 Å². The molecule has 0 unspecified atom stereocenters. The summed E-state index contributed by atoms with van der Waals surface area (Å²) in [5.74, 6) is -2.00. The van der Waals surface area contributed by atoms with Gasteiger partial charge in [0.1, 0.15) is 0 Å². The van der Waals surface area contributed by atoms with Crippen molar-refractivity contribution >= 4 is 11.9 Å². The predicted molar refractivity (Wildman–Crippen MR) is 75.1 cm³/mol. The number of allylic oxidation sites excluding steroid dienone is 2. The molecule has 1 heterocycles. The molecule has 4 atom stereocenters. The SMILES string of the molecule is CCn1nccc1CNC(=O)[C@@H]1[C@@H](C(=O)O)[C@H]2C=C[C@H]1C2. The molecule has 6 nitrogen and oxygen atoms in total. The molecular formula is C15H19N3O3. The van der Waals surface area contributed by atoms with Crippen LogP contribution < -0.4 is 5.32 Å². The van der Waals surface area contributed by atoms with Crippen molar-refractivity contribution in [1.82, 2.24) is 15.1 Å². The fourth-order valence-electron chi connectivity index (χ4n) is 3.61. The van der Waals surface area contributed by atoms with Gasteiger partial charge < -0.3 is 10.4 Å². The molecule has 112 valence electrons. The lowest BCUT2D eigenvalue weighted by atomic mass is 9.82. The van der Waals surface area contributed by atoms with E-state index < -0.39 is 17.8 Å². The molecule has 1 saturated carbocycles. The van der Waals surface area contributed by atoms with Gasteiger partial charge in [-0.1, -0.05) is 12.2 Å². The first-order chi connectivity index (χ1) is 10.1. The van der Waals surface area contributed by atoms with Crippen LogP contribution in [0.3, 0.4) is 0 Å². The Balaban J connectivity index is 1.68. The molecule has 0 radical (unpaired) electrons. The Morgan fingerprint density at radius 3 is 2.76 bits per heavy atom. The minimum absolute atomic E-state index is 0.00409. The monoisotopic (exact) mass is 289 g/mol. The van der Waals surface area contributed by atoms with Crippen LogP contribution in [-0.4, -0.2) is 26.8 Å². The molecule has 0 saturated heterocycles. The summed E-state index contributed by atoms with van der Waals surface area (Å²) in [5.41, 5.74) is 0.927. The zero-order valence-corrected chi connectivity index (χ0v) is 11.9. The maximum atomic E-state index is 12.4. The summed E-state index contributed by atoms with van der Waals surface area (Å²) in [4.78, 5) is 23.8. The third-order valence-electron chi connectivity index (χ3n) is 4.59. The largest absolute Gasteiger partial charge is 0.481 e. The zero-order valence-electron chi connectivity index (χ0n) is 11.9. The number of carboxylic acids is 1. The number of fused-ring (bicyclic) bond motifs is 2. The zero-order chi connectivity index (χ0) is 15.0. The van der Waals surface area contributed by atoms with Crippen molar-refractivity contribution < 1.29 is 14.7 Å². The fraction of sp³-hybridized carbons (Fsp3) is 0.533. The molecular weight excluding hydrogens is 270 g/mol. The van der Waals surface area contributed by atoms with Crippen molar-refractivity contribution in [1.29, 1.82) is 0 Å². The third-order valence-corrected chi connectivity index (χ3v) is 4.59. The Kier molecular flexibility index (Phi) is 3.53. The van der Waals surface area contributed by atoms with Gasteiger partial charge in [-0.25, -0.2) is 0 Å². The Morgan fingerprint density at radius 1 is 1.38 bits per heavy atom. The number of hydrogen-bond acceptors (Lipinski definition) is 3. The van der Waals surface area contributed by atoms with Crippen LogP contribution in [0.4, 0.5) is 0 Å². The molecule has 3 rings (SSSR count). The molecule has 2 N–H and O–H groups in total. The number of rotatable bonds is 5. The molecule has 2 aliphatic rings. The van der Waals surface area contributed by atoms with Crippen LogP contribution in [0.15, 0.2) is 24.4 Å². The lowest BCUT2D eigenvalue weighted by Gasteiger charge is -2.23. The van der Waals surface area contributed by atoms with E-state index in [1.54, 1.807) is 6.20 Å². The summed E-state index contributed by atoms with van der Waals surface area (Å²) in [7, 11) is 0. The molecule has 6 heteroatoms. The smallest absolute Gasteiger partial charge is 0.307 e. The van der Waals surface area contributed by atoms with Gasteiger partial charge in [-0.05, 0) is 31.2 Å². The number of aliphatic carboxylic acids is 1. The first-order valence-corrected chi connectivity index (χ1v) is 7.31. The van der Waals surface area contributed by atoms with E-state index in [2.05, 4.69) is 10.4 Å². The third kappa shape index (κ3) is 2.34. The van der Waals surface area contributed by atoms with E-state index in [4.69, 9.17) is 0 Å². The van der Waals surface area contributed by atoms with Crippen LogP contribution in [0.1, 0.15) is 19.0 Å². The van der Waals surface area contributed by atoms with Crippen LogP contribution in [0.2, 0.25) is 0 Å². The number of nitrogens with one attached hydrogen (secondary N) is 1. The van der Waals surface area contributed by atoms with Gasteiger partial charge in [0.05, 0.1) is 24.1 Å². The van der Waals surface area contributed by atoms with Crippen molar-refractivity contribution in [3.8, 4) is 0 Å². The Morgan fingerprint density at radius 2 is 2.10 bits per heavy atom. The van der Waals surface area contributed by atoms with Gasteiger partial charge in [0, 0.05) is 12.7 Å². The number of carbonyl (C=O) groups excluding carboxylic acids is 1. The fourth-order valence-corrected chi connectivity index (χ4v) is 3.61. The Hall–Kier alpha value is -2.11. The number of nitrogens with zero attached hydrogens (tertiary/aromatic N) is 2. The summed E-state index contributed by atoms with van der Waals surface area (Å²) in [6, 6.07) is 1.86. The van der Waals surface area contributed by atoms with E-state index in [-0.39, 0.29) is 17.7 Å². The second-order valence-corrected chi connectivity index (χ2v) is 5.69. The topological polar surface area (TPSA) is 84.2 Å². The lowest BCUT2D eigenvalue weighted by molar-refractivity contribution is -0.147.